The van der Waals surface area contributed by atoms with Gasteiger partial charge in [0, 0.05) is 15.1 Å². The first-order chi connectivity index (χ1) is 10.1. The molecule has 2 aromatic rings. The third-order valence-corrected chi connectivity index (χ3v) is 3.64. The minimum atomic E-state index is -0.192. The summed E-state index contributed by atoms with van der Waals surface area (Å²) in [4.78, 5) is 0. The van der Waals surface area contributed by atoms with E-state index >= 15 is 0 Å². The summed E-state index contributed by atoms with van der Waals surface area (Å²) in [5.41, 5.74) is 0.551. The molecule has 112 valence electrons. The second-order valence-corrected chi connectivity index (χ2v) is 5.95. The first kappa shape index (κ1) is 16.4. The van der Waals surface area contributed by atoms with Crippen molar-refractivity contribution in [3.63, 3.8) is 0 Å². The molecule has 21 heavy (non-hydrogen) atoms. The third kappa shape index (κ3) is 4.78. The van der Waals surface area contributed by atoms with E-state index < -0.39 is 0 Å². The monoisotopic (exact) mass is 390 g/mol. The molecule has 0 spiro atoms. The highest BCUT2D eigenvalue weighted by atomic mass is 79.9. The lowest BCUT2D eigenvalue weighted by atomic mass is 10.2. The minimum absolute atomic E-state index is 0.192. The van der Waals surface area contributed by atoms with Gasteiger partial charge in [-0.3, -0.25) is 0 Å². The van der Waals surface area contributed by atoms with E-state index in [2.05, 4.69) is 15.9 Å². The summed E-state index contributed by atoms with van der Waals surface area (Å²) in [6.45, 7) is 0.475. The van der Waals surface area contributed by atoms with Crippen molar-refractivity contribution < 1.29 is 14.6 Å². The van der Waals surface area contributed by atoms with Gasteiger partial charge in [-0.15, -0.1) is 0 Å². The molecule has 0 heterocycles. The zero-order valence-electron chi connectivity index (χ0n) is 11.0. The quantitative estimate of drug-likeness (QED) is 0.725. The molecule has 0 aromatic heterocycles. The van der Waals surface area contributed by atoms with Crippen LogP contribution in [-0.4, -0.2) is 18.3 Å². The van der Waals surface area contributed by atoms with Gasteiger partial charge in [-0.25, -0.2) is 0 Å². The molecule has 0 aliphatic rings. The maximum atomic E-state index is 9.30. The van der Waals surface area contributed by atoms with Gasteiger partial charge >= 0.3 is 0 Å². The van der Waals surface area contributed by atoms with E-state index in [-0.39, 0.29) is 6.61 Å². The van der Waals surface area contributed by atoms with Gasteiger partial charge < -0.3 is 14.6 Å². The summed E-state index contributed by atoms with van der Waals surface area (Å²) in [7, 11) is 0. The molecule has 2 rings (SSSR count). The number of aliphatic hydroxyl groups excluding tert-OH is 1. The van der Waals surface area contributed by atoms with Crippen molar-refractivity contribution in [3.05, 3.63) is 56.5 Å². The van der Waals surface area contributed by atoms with Crippen LogP contribution < -0.4 is 9.47 Å². The minimum Gasteiger partial charge on any atom is -0.490 e. The van der Waals surface area contributed by atoms with Crippen molar-refractivity contribution in [2.45, 2.75) is 6.61 Å². The van der Waals surface area contributed by atoms with E-state index in [1.165, 1.54) is 0 Å². The first-order valence-electron chi connectivity index (χ1n) is 6.20. The van der Waals surface area contributed by atoms with Gasteiger partial charge in [-0.2, -0.15) is 0 Å². The molecular formula is C15H13BrCl2O3. The van der Waals surface area contributed by atoms with Crippen LogP contribution in [0, 0.1) is 0 Å². The highest BCUT2D eigenvalue weighted by Gasteiger charge is 2.10. The number of rotatable bonds is 6. The van der Waals surface area contributed by atoms with E-state index in [9.17, 15) is 5.11 Å². The van der Waals surface area contributed by atoms with Crippen LogP contribution in [0.25, 0.3) is 0 Å². The van der Waals surface area contributed by atoms with E-state index in [0.29, 0.717) is 34.6 Å². The largest absolute Gasteiger partial charge is 0.490 e. The van der Waals surface area contributed by atoms with E-state index in [0.717, 1.165) is 10.2 Å². The lowest BCUT2D eigenvalue weighted by molar-refractivity contribution is 0.210. The van der Waals surface area contributed by atoms with Gasteiger partial charge in [0.1, 0.15) is 24.7 Å². The lowest BCUT2D eigenvalue weighted by Gasteiger charge is -2.13. The molecule has 1 N–H and O–H groups in total. The lowest BCUT2D eigenvalue weighted by Crippen LogP contribution is -2.10. The van der Waals surface area contributed by atoms with Crippen LogP contribution in [-0.2, 0) is 6.61 Å². The first-order valence-corrected chi connectivity index (χ1v) is 7.75. The van der Waals surface area contributed by atoms with E-state index in [1.807, 2.05) is 24.3 Å². The molecule has 3 nitrogen and oxygen atoms in total. The fourth-order valence-corrected chi connectivity index (χ4v) is 2.72. The molecule has 0 saturated carbocycles. The Kier molecular flexibility index (Phi) is 6.18. The predicted molar refractivity (Wildman–Crippen MR) is 87.5 cm³/mol. The zero-order valence-corrected chi connectivity index (χ0v) is 14.1. The summed E-state index contributed by atoms with van der Waals surface area (Å²) in [5.74, 6) is 1.18. The average molecular weight is 392 g/mol. The Morgan fingerprint density at radius 1 is 1.05 bits per heavy atom. The highest BCUT2D eigenvalue weighted by Crippen LogP contribution is 2.32. The summed E-state index contributed by atoms with van der Waals surface area (Å²) < 4.78 is 12.1. The van der Waals surface area contributed by atoms with Gasteiger partial charge in [0.05, 0.1) is 11.6 Å². The molecular weight excluding hydrogens is 379 g/mol. The average Bonchev–Trinajstić information content (AvgIpc) is 2.44. The van der Waals surface area contributed by atoms with Gasteiger partial charge in [0.2, 0.25) is 0 Å². The second-order valence-electron chi connectivity index (χ2n) is 4.19. The van der Waals surface area contributed by atoms with Crippen molar-refractivity contribution >= 4 is 39.1 Å². The predicted octanol–water partition coefficient (Wildman–Crippen LogP) is 4.71. The fourth-order valence-electron chi connectivity index (χ4n) is 1.75. The third-order valence-electron chi connectivity index (χ3n) is 2.65. The number of benzene rings is 2. The second kappa shape index (κ2) is 7.90. The molecule has 0 atom stereocenters. The summed E-state index contributed by atoms with van der Waals surface area (Å²) in [6, 6.07) is 10.7. The Bertz CT molecular complexity index is 620. The standard InChI is InChI=1S/C15H13BrCl2O3/c16-11-2-1-3-13(7-11)20-4-5-21-15-10(9-19)6-12(17)8-14(15)18/h1-3,6-8,19H,4-5,9H2. The molecule has 0 aliphatic carbocycles. The van der Waals surface area contributed by atoms with E-state index in [4.69, 9.17) is 32.7 Å². The molecule has 0 unspecified atom stereocenters. The van der Waals surface area contributed by atoms with Crippen LogP contribution >= 0.6 is 39.1 Å². The molecule has 0 bridgehead atoms. The van der Waals surface area contributed by atoms with Crippen molar-refractivity contribution in [2.75, 3.05) is 13.2 Å². The van der Waals surface area contributed by atoms with Gasteiger partial charge in [-0.05, 0) is 30.3 Å². The van der Waals surface area contributed by atoms with Crippen molar-refractivity contribution in [3.8, 4) is 11.5 Å². The van der Waals surface area contributed by atoms with E-state index in [1.54, 1.807) is 12.1 Å². The zero-order chi connectivity index (χ0) is 15.2. The number of hydrogen-bond acceptors (Lipinski definition) is 3. The SMILES string of the molecule is OCc1cc(Cl)cc(Cl)c1OCCOc1cccc(Br)c1. The van der Waals surface area contributed by atoms with Gasteiger partial charge in [-0.1, -0.05) is 45.2 Å². The molecule has 0 radical (unpaired) electrons. The maximum absolute atomic E-state index is 9.30. The Morgan fingerprint density at radius 2 is 1.81 bits per heavy atom. The number of ether oxygens (including phenoxy) is 2. The van der Waals surface area contributed by atoms with Crippen molar-refractivity contribution in [1.29, 1.82) is 0 Å². The Morgan fingerprint density at radius 3 is 2.52 bits per heavy atom. The highest BCUT2D eigenvalue weighted by molar-refractivity contribution is 9.10. The van der Waals surface area contributed by atoms with Crippen LogP contribution in [0.3, 0.4) is 0 Å². The number of halogens is 3. The molecule has 0 aliphatic heterocycles. The summed E-state index contributed by atoms with van der Waals surface area (Å²) in [5, 5.41) is 10.1. The summed E-state index contributed by atoms with van der Waals surface area (Å²) >= 11 is 15.3. The Hall–Kier alpha value is -0.940. The van der Waals surface area contributed by atoms with Crippen LogP contribution in [0.2, 0.25) is 10.0 Å². The normalized spacial score (nSPS) is 10.5. The smallest absolute Gasteiger partial charge is 0.143 e. The molecule has 6 heteroatoms. The Labute approximate surface area is 141 Å². The summed E-state index contributed by atoms with van der Waals surface area (Å²) in [6.07, 6.45) is 0. The van der Waals surface area contributed by atoms with Crippen LogP contribution in [0.4, 0.5) is 0 Å². The topological polar surface area (TPSA) is 38.7 Å². The van der Waals surface area contributed by atoms with Crippen molar-refractivity contribution in [2.24, 2.45) is 0 Å². The molecule has 0 saturated heterocycles. The molecule has 0 fully saturated rings. The molecule has 2 aromatic carbocycles. The van der Waals surface area contributed by atoms with Crippen LogP contribution in [0.15, 0.2) is 40.9 Å². The fraction of sp³-hybridized carbons (Fsp3) is 0.200. The van der Waals surface area contributed by atoms with Gasteiger partial charge in [0.25, 0.3) is 0 Å². The van der Waals surface area contributed by atoms with Crippen molar-refractivity contribution in [1.82, 2.24) is 0 Å². The maximum Gasteiger partial charge on any atom is 0.143 e. The van der Waals surface area contributed by atoms with Crippen LogP contribution in [0.1, 0.15) is 5.56 Å². The number of hydrogen-bond donors (Lipinski definition) is 1. The number of aliphatic hydroxyl groups is 1. The van der Waals surface area contributed by atoms with Gasteiger partial charge in [0.15, 0.2) is 0 Å². The molecule has 0 amide bonds. The Balaban J connectivity index is 1.92. The van der Waals surface area contributed by atoms with Crippen LogP contribution in [0.5, 0.6) is 11.5 Å².